The minimum atomic E-state index is 0.0274. The molecule has 114 valence electrons. The van der Waals surface area contributed by atoms with Crippen LogP contribution in [0.4, 0.5) is 10.5 Å². The summed E-state index contributed by atoms with van der Waals surface area (Å²) in [6, 6.07) is 8.69. The van der Waals surface area contributed by atoms with E-state index in [2.05, 4.69) is 35.0 Å². The second-order valence-electron chi connectivity index (χ2n) is 6.11. The highest BCUT2D eigenvalue weighted by molar-refractivity contribution is 5.93. The maximum absolute atomic E-state index is 12.3. The first kappa shape index (κ1) is 14.4. The Kier molecular flexibility index (Phi) is 4.12. The first-order valence-corrected chi connectivity index (χ1v) is 7.81. The fraction of sp³-hybridized carbons (Fsp3) is 0.562. The average Bonchev–Trinajstić information content (AvgIpc) is 2.90. The Morgan fingerprint density at radius 3 is 2.38 bits per heavy atom. The molecule has 1 aromatic carbocycles. The molecule has 3 rings (SSSR count). The first-order valence-electron chi connectivity index (χ1n) is 7.81. The third-order valence-corrected chi connectivity index (χ3v) is 4.37. The molecule has 0 saturated carbocycles. The second-order valence-corrected chi connectivity index (χ2v) is 6.11. The maximum Gasteiger partial charge on any atom is 0.340 e. The predicted octanol–water partition coefficient (Wildman–Crippen LogP) is 2.27. The van der Waals surface area contributed by atoms with E-state index < -0.39 is 0 Å². The molecule has 2 amide bonds. The van der Waals surface area contributed by atoms with Gasteiger partial charge in [-0.2, -0.15) is 0 Å². The third-order valence-electron chi connectivity index (χ3n) is 4.37. The number of anilines is 1. The van der Waals surface area contributed by atoms with Crippen molar-refractivity contribution in [2.45, 2.75) is 38.6 Å². The van der Waals surface area contributed by atoms with Gasteiger partial charge < -0.3 is 5.32 Å². The number of carbonyl (C=O) groups excluding carboxylic acids is 1. The summed E-state index contributed by atoms with van der Waals surface area (Å²) in [7, 11) is 0. The van der Waals surface area contributed by atoms with E-state index in [1.807, 2.05) is 13.8 Å². The summed E-state index contributed by atoms with van der Waals surface area (Å²) in [4.78, 5) is 14.1. The molecule has 0 aromatic heterocycles. The molecule has 2 aliphatic heterocycles. The van der Waals surface area contributed by atoms with Crippen LogP contribution in [0.1, 0.15) is 38.2 Å². The molecule has 0 atom stereocenters. The summed E-state index contributed by atoms with van der Waals surface area (Å²) >= 11 is 0. The van der Waals surface area contributed by atoms with E-state index in [-0.39, 0.29) is 12.1 Å². The van der Waals surface area contributed by atoms with Gasteiger partial charge in [-0.1, -0.05) is 12.1 Å². The highest BCUT2D eigenvalue weighted by Gasteiger charge is 2.31. The molecule has 5 nitrogen and oxygen atoms in total. The van der Waals surface area contributed by atoms with Crippen LogP contribution in [-0.2, 0) is 0 Å². The van der Waals surface area contributed by atoms with E-state index in [0.29, 0.717) is 12.6 Å². The Bertz CT molecular complexity index is 494. The van der Waals surface area contributed by atoms with Crippen molar-refractivity contribution >= 4 is 11.7 Å². The highest BCUT2D eigenvalue weighted by atomic mass is 16.2. The zero-order valence-electron chi connectivity index (χ0n) is 12.8. The van der Waals surface area contributed by atoms with Gasteiger partial charge in [0.1, 0.15) is 0 Å². The second kappa shape index (κ2) is 6.03. The van der Waals surface area contributed by atoms with E-state index in [9.17, 15) is 4.79 Å². The number of hydrazine groups is 1. The summed E-state index contributed by atoms with van der Waals surface area (Å²) in [5.74, 6) is 0.653. The fourth-order valence-electron chi connectivity index (χ4n) is 3.10. The quantitative estimate of drug-likeness (QED) is 0.897. The predicted molar refractivity (Wildman–Crippen MR) is 84.1 cm³/mol. The Morgan fingerprint density at radius 1 is 1.14 bits per heavy atom. The number of carbonyl (C=O) groups is 1. The molecule has 2 heterocycles. The number of hydrogen-bond donors (Lipinski definition) is 2. The van der Waals surface area contributed by atoms with Crippen molar-refractivity contribution < 1.29 is 4.79 Å². The van der Waals surface area contributed by atoms with Gasteiger partial charge in [0.2, 0.25) is 0 Å². The number of nitrogens with zero attached hydrogens (tertiary/aromatic N) is 2. The molecule has 1 aromatic rings. The number of piperidine rings is 1. The van der Waals surface area contributed by atoms with Gasteiger partial charge >= 0.3 is 6.03 Å². The van der Waals surface area contributed by atoms with Crippen LogP contribution in [0.3, 0.4) is 0 Å². The molecule has 2 aliphatic rings. The van der Waals surface area contributed by atoms with E-state index in [0.717, 1.165) is 18.8 Å². The van der Waals surface area contributed by atoms with Gasteiger partial charge in [-0.05, 0) is 63.4 Å². The monoisotopic (exact) mass is 288 g/mol. The van der Waals surface area contributed by atoms with Crippen LogP contribution in [0.5, 0.6) is 0 Å². The van der Waals surface area contributed by atoms with Crippen molar-refractivity contribution in [3.05, 3.63) is 29.8 Å². The molecule has 2 N–H and O–H groups in total. The molecule has 2 saturated heterocycles. The minimum absolute atomic E-state index is 0.0274. The molecule has 21 heavy (non-hydrogen) atoms. The lowest BCUT2D eigenvalue weighted by atomic mass is 9.90. The summed E-state index contributed by atoms with van der Waals surface area (Å²) in [5, 5.41) is 5.08. The van der Waals surface area contributed by atoms with Gasteiger partial charge in [0.15, 0.2) is 0 Å². The lowest BCUT2D eigenvalue weighted by Crippen LogP contribution is -2.40. The Balaban J connectivity index is 1.71. The van der Waals surface area contributed by atoms with Crippen LogP contribution in [0, 0.1) is 0 Å². The number of hydrogen-bond acceptors (Lipinski definition) is 3. The van der Waals surface area contributed by atoms with Gasteiger partial charge in [0.05, 0.1) is 6.67 Å². The van der Waals surface area contributed by atoms with E-state index >= 15 is 0 Å². The number of nitrogens with one attached hydrogen (secondary N) is 2. The van der Waals surface area contributed by atoms with Crippen molar-refractivity contribution in [3.8, 4) is 0 Å². The number of amides is 2. The Morgan fingerprint density at radius 2 is 1.81 bits per heavy atom. The van der Waals surface area contributed by atoms with Crippen molar-refractivity contribution in [1.29, 1.82) is 0 Å². The molecular weight excluding hydrogens is 264 g/mol. The topological polar surface area (TPSA) is 47.6 Å². The van der Waals surface area contributed by atoms with Gasteiger partial charge in [0.25, 0.3) is 0 Å². The van der Waals surface area contributed by atoms with Gasteiger partial charge in [-0.3, -0.25) is 9.91 Å². The summed E-state index contributed by atoms with van der Waals surface area (Å²) < 4.78 is 0. The van der Waals surface area contributed by atoms with Crippen molar-refractivity contribution in [1.82, 2.24) is 15.8 Å². The molecule has 0 radical (unpaired) electrons. The zero-order chi connectivity index (χ0) is 14.8. The first-order chi connectivity index (χ1) is 10.2. The summed E-state index contributed by atoms with van der Waals surface area (Å²) in [6.07, 6.45) is 2.40. The number of rotatable bonds is 3. The zero-order valence-corrected chi connectivity index (χ0v) is 12.8. The van der Waals surface area contributed by atoms with Crippen LogP contribution >= 0.6 is 0 Å². The molecular formula is C16H24N4O. The van der Waals surface area contributed by atoms with Crippen LogP contribution in [-0.4, -0.2) is 36.8 Å². The van der Waals surface area contributed by atoms with Gasteiger partial charge in [-0.25, -0.2) is 10.2 Å². The minimum Gasteiger partial charge on any atom is -0.317 e. The van der Waals surface area contributed by atoms with Crippen molar-refractivity contribution in [2.24, 2.45) is 0 Å². The SMILES string of the molecule is CC(C)N1NCN(c2ccc(C3CCNCC3)cc2)C1=O. The summed E-state index contributed by atoms with van der Waals surface area (Å²) in [6.45, 7) is 6.77. The van der Waals surface area contributed by atoms with E-state index in [4.69, 9.17) is 0 Å². The largest absolute Gasteiger partial charge is 0.340 e. The normalized spacial score (nSPS) is 20.6. The molecule has 0 bridgehead atoms. The molecule has 5 heteroatoms. The van der Waals surface area contributed by atoms with Crippen LogP contribution in [0.2, 0.25) is 0 Å². The van der Waals surface area contributed by atoms with Gasteiger partial charge in [-0.15, -0.1) is 0 Å². The van der Waals surface area contributed by atoms with E-state index in [1.54, 1.807) is 9.91 Å². The van der Waals surface area contributed by atoms with Crippen LogP contribution < -0.4 is 15.6 Å². The standard InChI is InChI=1S/C16H24N4O/c1-12(2)20-16(21)19(11-18-20)15-5-3-13(4-6-15)14-7-9-17-10-8-14/h3-6,12,14,17-18H,7-11H2,1-2H3. The fourth-order valence-corrected chi connectivity index (χ4v) is 3.10. The molecule has 0 aliphatic carbocycles. The van der Waals surface area contributed by atoms with Crippen LogP contribution in [0.15, 0.2) is 24.3 Å². The lowest BCUT2D eigenvalue weighted by Gasteiger charge is -2.24. The van der Waals surface area contributed by atoms with Crippen molar-refractivity contribution in [3.63, 3.8) is 0 Å². The number of benzene rings is 1. The lowest BCUT2D eigenvalue weighted by molar-refractivity contribution is 0.184. The highest BCUT2D eigenvalue weighted by Crippen LogP contribution is 2.28. The third kappa shape index (κ3) is 2.89. The number of urea groups is 1. The van der Waals surface area contributed by atoms with Crippen LogP contribution in [0.25, 0.3) is 0 Å². The van der Waals surface area contributed by atoms with Crippen molar-refractivity contribution in [2.75, 3.05) is 24.7 Å². The van der Waals surface area contributed by atoms with E-state index in [1.165, 1.54) is 18.4 Å². The summed E-state index contributed by atoms with van der Waals surface area (Å²) in [5.41, 5.74) is 5.49. The maximum atomic E-state index is 12.3. The molecule has 0 spiro atoms. The molecule has 2 fully saturated rings. The Labute approximate surface area is 126 Å². The van der Waals surface area contributed by atoms with Gasteiger partial charge in [0, 0.05) is 11.7 Å². The molecule has 0 unspecified atom stereocenters. The average molecular weight is 288 g/mol. The smallest absolute Gasteiger partial charge is 0.317 e. The Hall–Kier alpha value is -1.59.